The summed E-state index contributed by atoms with van der Waals surface area (Å²) in [6, 6.07) is 13.6. The zero-order valence-corrected chi connectivity index (χ0v) is 19.4. The van der Waals surface area contributed by atoms with Crippen LogP contribution in [0.25, 0.3) is 0 Å². The molecule has 2 aromatic carbocycles. The molecule has 0 saturated carbocycles. The summed E-state index contributed by atoms with van der Waals surface area (Å²) in [4.78, 5) is 15.2. The standard InChI is InChI=1S/C24H32FN3O3S/c1-2-21-9-6-7-17-27(21)18-8-16-26-24(29)19-28(22-14-12-20(25)13-15-22)32(30,31)23-10-4-3-5-11-23/h3-5,10-15,21H,2,6-9,16-19H2,1H3,(H,26,29). The Hall–Kier alpha value is -2.45. The molecule has 0 aliphatic carbocycles. The van der Waals surface area contributed by atoms with Gasteiger partial charge in [-0.15, -0.1) is 0 Å². The van der Waals surface area contributed by atoms with Crippen molar-refractivity contribution in [3.8, 4) is 0 Å². The van der Waals surface area contributed by atoms with Crippen LogP contribution in [0.4, 0.5) is 10.1 Å². The second-order valence-corrected chi connectivity index (χ2v) is 9.96. The maximum absolute atomic E-state index is 13.4. The van der Waals surface area contributed by atoms with Gasteiger partial charge in [0.2, 0.25) is 5.91 Å². The Morgan fingerprint density at radius 3 is 2.53 bits per heavy atom. The second-order valence-electron chi connectivity index (χ2n) is 8.10. The zero-order chi connectivity index (χ0) is 23.0. The number of sulfonamides is 1. The number of halogens is 1. The van der Waals surface area contributed by atoms with Crippen LogP contribution in [-0.4, -0.2) is 51.4 Å². The fourth-order valence-corrected chi connectivity index (χ4v) is 5.60. The molecule has 0 bridgehead atoms. The van der Waals surface area contributed by atoms with Crippen LogP contribution in [-0.2, 0) is 14.8 Å². The molecule has 1 heterocycles. The number of piperidine rings is 1. The van der Waals surface area contributed by atoms with E-state index in [0.29, 0.717) is 12.6 Å². The van der Waals surface area contributed by atoms with Crippen LogP contribution in [0, 0.1) is 5.82 Å². The highest BCUT2D eigenvalue weighted by molar-refractivity contribution is 7.92. The molecule has 1 aliphatic rings. The van der Waals surface area contributed by atoms with Crippen molar-refractivity contribution >= 4 is 21.6 Å². The van der Waals surface area contributed by atoms with Crippen molar-refractivity contribution in [3.63, 3.8) is 0 Å². The van der Waals surface area contributed by atoms with E-state index in [1.54, 1.807) is 18.2 Å². The number of amides is 1. The molecule has 3 rings (SSSR count). The number of rotatable bonds is 10. The summed E-state index contributed by atoms with van der Waals surface area (Å²) in [6.07, 6.45) is 5.67. The van der Waals surface area contributed by atoms with Crippen molar-refractivity contribution in [2.75, 3.05) is 30.5 Å². The lowest BCUT2D eigenvalue weighted by Crippen LogP contribution is -2.43. The number of likely N-dealkylation sites (tertiary alicyclic amines) is 1. The normalized spacial score (nSPS) is 17.1. The first-order chi connectivity index (χ1) is 15.4. The van der Waals surface area contributed by atoms with Crippen molar-refractivity contribution in [2.24, 2.45) is 0 Å². The molecule has 1 saturated heterocycles. The maximum atomic E-state index is 13.4. The minimum Gasteiger partial charge on any atom is -0.354 e. The van der Waals surface area contributed by atoms with E-state index in [-0.39, 0.29) is 23.0 Å². The third-order valence-corrected chi connectivity index (χ3v) is 7.69. The number of anilines is 1. The lowest BCUT2D eigenvalue weighted by atomic mass is 10.00. The summed E-state index contributed by atoms with van der Waals surface area (Å²) in [5.41, 5.74) is 0.240. The predicted octanol–water partition coefficient (Wildman–Crippen LogP) is 3.79. The fraction of sp³-hybridized carbons (Fsp3) is 0.458. The molecule has 0 aromatic heterocycles. The highest BCUT2D eigenvalue weighted by atomic mass is 32.2. The number of carbonyl (C=O) groups is 1. The van der Waals surface area contributed by atoms with Gasteiger partial charge in [0.1, 0.15) is 12.4 Å². The first-order valence-electron chi connectivity index (χ1n) is 11.3. The maximum Gasteiger partial charge on any atom is 0.264 e. The van der Waals surface area contributed by atoms with Gasteiger partial charge in [-0.3, -0.25) is 9.10 Å². The van der Waals surface area contributed by atoms with E-state index in [4.69, 9.17) is 0 Å². The monoisotopic (exact) mass is 461 g/mol. The Balaban J connectivity index is 1.63. The van der Waals surface area contributed by atoms with E-state index in [1.807, 2.05) is 0 Å². The third-order valence-electron chi connectivity index (χ3n) is 5.90. The molecule has 2 aromatic rings. The fourth-order valence-electron chi connectivity index (χ4n) is 4.16. The van der Waals surface area contributed by atoms with E-state index in [2.05, 4.69) is 17.1 Å². The Labute approximate surface area is 190 Å². The van der Waals surface area contributed by atoms with Gasteiger partial charge in [0.25, 0.3) is 10.0 Å². The topological polar surface area (TPSA) is 69.7 Å². The van der Waals surface area contributed by atoms with Gasteiger partial charge >= 0.3 is 0 Å². The first kappa shape index (κ1) is 24.2. The lowest BCUT2D eigenvalue weighted by molar-refractivity contribution is -0.119. The van der Waals surface area contributed by atoms with E-state index < -0.39 is 15.8 Å². The van der Waals surface area contributed by atoms with Crippen LogP contribution in [0.1, 0.15) is 39.0 Å². The zero-order valence-electron chi connectivity index (χ0n) is 18.5. The van der Waals surface area contributed by atoms with Gasteiger partial charge in [-0.1, -0.05) is 31.5 Å². The van der Waals surface area contributed by atoms with Gasteiger partial charge in [0, 0.05) is 19.1 Å². The van der Waals surface area contributed by atoms with E-state index in [0.717, 1.165) is 30.2 Å². The van der Waals surface area contributed by atoms with Crippen LogP contribution in [0.2, 0.25) is 0 Å². The average molecular weight is 462 g/mol. The summed E-state index contributed by atoms with van der Waals surface area (Å²) in [6.45, 7) is 4.34. The lowest BCUT2D eigenvalue weighted by Gasteiger charge is -2.35. The number of hydrogen-bond acceptors (Lipinski definition) is 4. The summed E-state index contributed by atoms with van der Waals surface area (Å²) < 4.78 is 40.8. The molecular weight excluding hydrogens is 429 g/mol. The van der Waals surface area contributed by atoms with Gasteiger partial charge in [-0.25, -0.2) is 12.8 Å². The van der Waals surface area contributed by atoms with Crippen molar-refractivity contribution in [2.45, 2.75) is 50.0 Å². The molecule has 1 fully saturated rings. The quantitative estimate of drug-likeness (QED) is 0.547. The Morgan fingerprint density at radius 2 is 1.84 bits per heavy atom. The number of nitrogens with one attached hydrogen (secondary N) is 1. The van der Waals surface area contributed by atoms with Crippen LogP contribution >= 0.6 is 0 Å². The Kier molecular flexibility index (Phi) is 8.64. The van der Waals surface area contributed by atoms with Crippen molar-refractivity contribution in [1.82, 2.24) is 10.2 Å². The van der Waals surface area contributed by atoms with Crippen LogP contribution < -0.4 is 9.62 Å². The largest absolute Gasteiger partial charge is 0.354 e. The summed E-state index contributed by atoms with van der Waals surface area (Å²) in [5, 5.41) is 2.84. The van der Waals surface area contributed by atoms with E-state index >= 15 is 0 Å². The minimum atomic E-state index is -3.98. The molecular formula is C24H32FN3O3S. The van der Waals surface area contributed by atoms with Gasteiger partial charge in [0.15, 0.2) is 0 Å². The van der Waals surface area contributed by atoms with Crippen molar-refractivity contribution in [3.05, 3.63) is 60.4 Å². The highest BCUT2D eigenvalue weighted by Gasteiger charge is 2.27. The number of nitrogens with zero attached hydrogens (tertiary/aromatic N) is 2. The van der Waals surface area contributed by atoms with Crippen LogP contribution in [0.5, 0.6) is 0 Å². The molecule has 8 heteroatoms. The van der Waals surface area contributed by atoms with Gasteiger partial charge in [-0.05, 0) is 68.6 Å². The number of benzene rings is 2. The molecule has 1 unspecified atom stereocenters. The molecule has 32 heavy (non-hydrogen) atoms. The predicted molar refractivity (Wildman–Crippen MR) is 125 cm³/mol. The minimum absolute atomic E-state index is 0.0767. The summed E-state index contributed by atoms with van der Waals surface area (Å²) >= 11 is 0. The SMILES string of the molecule is CCC1CCCCN1CCCNC(=O)CN(c1ccc(F)cc1)S(=O)(=O)c1ccccc1. The molecule has 0 spiro atoms. The molecule has 0 radical (unpaired) electrons. The van der Waals surface area contributed by atoms with Crippen molar-refractivity contribution < 1.29 is 17.6 Å². The molecule has 1 atom stereocenters. The Morgan fingerprint density at radius 1 is 1.12 bits per heavy atom. The van der Waals surface area contributed by atoms with Gasteiger partial charge in [-0.2, -0.15) is 0 Å². The Bertz CT molecular complexity index is 968. The van der Waals surface area contributed by atoms with Gasteiger partial charge < -0.3 is 10.2 Å². The first-order valence-corrected chi connectivity index (χ1v) is 12.7. The van der Waals surface area contributed by atoms with Crippen LogP contribution in [0.3, 0.4) is 0 Å². The number of carbonyl (C=O) groups excluding carboxylic acids is 1. The van der Waals surface area contributed by atoms with E-state index in [1.165, 1.54) is 55.7 Å². The van der Waals surface area contributed by atoms with Gasteiger partial charge in [0.05, 0.1) is 10.6 Å². The van der Waals surface area contributed by atoms with Crippen molar-refractivity contribution in [1.29, 1.82) is 0 Å². The molecule has 1 N–H and O–H groups in total. The molecule has 6 nitrogen and oxygen atoms in total. The number of hydrogen-bond donors (Lipinski definition) is 1. The summed E-state index contributed by atoms with van der Waals surface area (Å²) in [5.74, 6) is -0.863. The van der Waals surface area contributed by atoms with E-state index in [9.17, 15) is 17.6 Å². The molecule has 1 amide bonds. The van der Waals surface area contributed by atoms with Crippen LogP contribution in [0.15, 0.2) is 59.5 Å². The summed E-state index contributed by atoms with van der Waals surface area (Å²) in [7, 11) is -3.98. The second kappa shape index (κ2) is 11.4. The average Bonchev–Trinajstić information content (AvgIpc) is 2.81. The highest BCUT2D eigenvalue weighted by Crippen LogP contribution is 2.24. The smallest absolute Gasteiger partial charge is 0.264 e. The third kappa shape index (κ3) is 6.29. The molecule has 1 aliphatic heterocycles. The molecule has 174 valence electrons.